The number of halogens is 2. The third-order valence-electron chi connectivity index (χ3n) is 14.0. The SMILES string of the molecule is Clc1c2nc(cc3[n-]c(c4c3[C@@H]3C=C[C@H]4CC3)c(Cl)c3[n-]c(cc4nc1C1=C4[C@@H]4C=C[C@H]1CC4)c1c3[C@@H]3C=C[C@H]1CC3)C1=C2[C@@H]2C=C[C@H]1CC2.[Zn+2]. The maximum atomic E-state index is 7.70. The van der Waals surface area contributed by atoms with Crippen LogP contribution in [0.4, 0.5) is 0 Å². The zero-order chi connectivity index (χ0) is 32.6. The van der Waals surface area contributed by atoms with Crippen LogP contribution in [0.5, 0.6) is 0 Å². The monoisotopic (exact) mass is 752 g/mol. The van der Waals surface area contributed by atoms with E-state index in [0.717, 1.165) is 96.2 Å². The summed E-state index contributed by atoms with van der Waals surface area (Å²) in [5.41, 5.74) is 18.4. The van der Waals surface area contributed by atoms with Gasteiger partial charge in [-0.05, 0) is 73.7 Å². The summed E-state index contributed by atoms with van der Waals surface area (Å²) in [6.45, 7) is 0. The van der Waals surface area contributed by atoms with Gasteiger partial charge in [-0.2, -0.15) is 0 Å². The van der Waals surface area contributed by atoms with Gasteiger partial charge in [0.05, 0.1) is 27.8 Å². The molecule has 0 radical (unpaired) electrons. The van der Waals surface area contributed by atoms with Crippen LogP contribution < -0.4 is 9.97 Å². The van der Waals surface area contributed by atoms with Crippen molar-refractivity contribution in [3.63, 3.8) is 0 Å². The fourth-order valence-electron chi connectivity index (χ4n) is 11.9. The minimum Gasteiger partial charge on any atom is -0.656 e. The van der Waals surface area contributed by atoms with E-state index in [1.54, 1.807) is 0 Å². The summed E-state index contributed by atoms with van der Waals surface area (Å²) in [5, 5.41) is 1.42. The molecule has 17 rings (SSSR count). The normalized spacial score (nSPS) is 32.0. The first-order valence-corrected chi connectivity index (χ1v) is 19.7. The third-order valence-corrected chi connectivity index (χ3v) is 14.7. The molecular weight excluding hydrogens is 721 g/mol. The Morgan fingerprint density at radius 1 is 0.431 bits per heavy atom. The van der Waals surface area contributed by atoms with Crippen molar-refractivity contribution in [1.82, 2.24) is 19.9 Å². The number of fused-ring (bicyclic) bond motifs is 12. The molecule has 8 atom stereocenters. The molecule has 0 spiro atoms. The van der Waals surface area contributed by atoms with E-state index in [4.69, 9.17) is 43.1 Å². The minimum atomic E-state index is 0. The van der Waals surface area contributed by atoms with Gasteiger partial charge in [0, 0.05) is 52.4 Å². The Morgan fingerprint density at radius 3 is 1.14 bits per heavy atom. The van der Waals surface area contributed by atoms with Crippen LogP contribution in [0.25, 0.3) is 44.4 Å². The van der Waals surface area contributed by atoms with Gasteiger partial charge in [0.1, 0.15) is 0 Å². The van der Waals surface area contributed by atoms with E-state index in [1.165, 1.54) is 44.5 Å². The molecule has 0 saturated heterocycles. The summed E-state index contributed by atoms with van der Waals surface area (Å²) in [6, 6.07) is 4.57. The van der Waals surface area contributed by atoms with Gasteiger partial charge in [0.2, 0.25) is 0 Å². The first-order valence-electron chi connectivity index (χ1n) is 18.9. The molecule has 4 nitrogen and oxygen atoms in total. The quantitative estimate of drug-likeness (QED) is 0.169. The molecule has 7 heteroatoms. The molecule has 12 aliphatic carbocycles. The summed E-state index contributed by atoms with van der Waals surface area (Å²) in [7, 11) is 0. The Balaban J connectivity index is 0.00000296. The minimum absolute atomic E-state index is 0. The molecule has 0 saturated carbocycles. The van der Waals surface area contributed by atoms with Gasteiger partial charge in [-0.3, -0.25) is 0 Å². The number of nitrogens with zero attached hydrogens (tertiary/aromatic N) is 4. The molecule has 0 aromatic carbocycles. The van der Waals surface area contributed by atoms with Gasteiger partial charge in [-0.15, -0.1) is 22.1 Å². The van der Waals surface area contributed by atoms with Crippen LogP contribution in [-0.4, -0.2) is 9.97 Å². The van der Waals surface area contributed by atoms with E-state index in [2.05, 4.69) is 60.7 Å². The number of hydrogen-bond donors (Lipinski definition) is 0. The van der Waals surface area contributed by atoms with Crippen molar-refractivity contribution in [3.8, 4) is 0 Å². The molecule has 14 aliphatic rings. The molecule has 0 fully saturated rings. The zero-order valence-electron chi connectivity index (χ0n) is 28.3. The predicted octanol–water partition coefficient (Wildman–Crippen LogP) is 11.0. The molecule has 0 amide bonds. The molecule has 0 unspecified atom stereocenters. The summed E-state index contributed by atoms with van der Waals surface area (Å²) >= 11 is 15.4. The smallest absolute Gasteiger partial charge is 0.656 e. The van der Waals surface area contributed by atoms with Gasteiger partial charge in [-0.25, -0.2) is 9.97 Å². The molecule has 3 aromatic rings. The van der Waals surface area contributed by atoms with Crippen molar-refractivity contribution in [3.05, 3.63) is 116 Å². The van der Waals surface area contributed by atoms with Crippen LogP contribution in [0.1, 0.15) is 120 Å². The second-order valence-corrected chi connectivity index (χ2v) is 17.1. The Hall–Kier alpha value is -3.24. The molecule has 16 bridgehead atoms. The summed E-state index contributed by atoms with van der Waals surface area (Å²) < 4.78 is 0. The van der Waals surface area contributed by atoms with Crippen molar-refractivity contribution >= 4 is 67.6 Å². The molecule has 5 heterocycles. The first-order chi connectivity index (χ1) is 24.6. The maximum absolute atomic E-state index is 7.70. The van der Waals surface area contributed by atoms with Crippen LogP contribution in [0.15, 0.2) is 60.7 Å². The summed E-state index contributed by atoms with van der Waals surface area (Å²) in [5.74, 6) is 2.67. The van der Waals surface area contributed by atoms with E-state index >= 15 is 0 Å². The Kier molecular flexibility index (Phi) is 6.20. The average Bonchev–Trinajstić information content (AvgIpc) is 3.97. The van der Waals surface area contributed by atoms with Gasteiger partial charge < -0.3 is 9.97 Å². The predicted molar refractivity (Wildman–Crippen MR) is 201 cm³/mol. The van der Waals surface area contributed by atoms with Crippen molar-refractivity contribution in [2.75, 3.05) is 0 Å². The third kappa shape index (κ3) is 3.81. The van der Waals surface area contributed by atoms with Crippen LogP contribution in [0.3, 0.4) is 0 Å². The topological polar surface area (TPSA) is 54.0 Å². The van der Waals surface area contributed by atoms with E-state index in [0.29, 0.717) is 57.4 Å². The summed E-state index contributed by atoms with van der Waals surface area (Å²) in [6.07, 6.45) is 28.4. The molecule has 51 heavy (non-hydrogen) atoms. The van der Waals surface area contributed by atoms with Crippen LogP contribution in [-0.2, 0) is 19.5 Å². The van der Waals surface area contributed by atoms with Crippen molar-refractivity contribution in [2.24, 2.45) is 23.7 Å². The molecule has 246 valence electrons. The largest absolute Gasteiger partial charge is 2.00 e. The van der Waals surface area contributed by atoms with Crippen LogP contribution in [0.2, 0.25) is 10.0 Å². The standard InChI is InChI=1S/C44H34Cl2N4.Zn/c45-39-41-35-23-9-1-19(2-10-23)31(35)27(47-41)17-28-32-20-3-11-24(12-4-20)36(32)43(48-28)40(46)44-38-26-15-7-22(8-16-26)34(38)30(50-44)18-29-33-21-5-13-25(14-6-21)37(33)42(39)49-29;/h1,3,5,7,9,11,13,15,17-26H,2,4,6,8,10,12,14,16H2;/q-2;+2/t19-,20+,21+,22-,23+,24-,25-,26+;. The second kappa shape index (κ2) is 10.5. The Bertz CT molecular complexity index is 2370. The summed E-state index contributed by atoms with van der Waals surface area (Å²) in [4.78, 5) is 22.0. The molecular formula is C44H34Cl2N4Zn. The maximum Gasteiger partial charge on any atom is 2.00 e. The van der Waals surface area contributed by atoms with E-state index in [-0.39, 0.29) is 19.5 Å². The van der Waals surface area contributed by atoms with Gasteiger partial charge in [0.25, 0.3) is 0 Å². The molecule has 3 aromatic heterocycles. The fourth-order valence-corrected chi connectivity index (χ4v) is 12.5. The Morgan fingerprint density at radius 2 is 0.765 bits per heavy atom. The second-order valence-electron chi connectivity index (χ2n) is 16.3. The van der Waals surface area contributed by atoms with Gasteiger partial charge in [0.15, 0.2) is 0 Å². The van der Waals surface area contributed by atoms with Crippen LogP contribution >= 0.6 is 23.2 Å². The number of rotatable bonds is 0. The first kappa shape index (κ1) is 30.2. The number of allylic oxidation sites excluding steroid dienone is 12. The fraction of sp³-hybridized carbons (Fsp3) is 0.364. The van der Waals surface area contributed by atoms with Crippen molar-refractivity contribution in [1.29, 1.82) is 0 Å². The van der Waals surface area contributed by atoms with Crippen molar-refractivity contribution < 1.29 is 19.5 Å². The average molecular weight is 755 g/mol. The molecule has 0 N–H and O–H groups in total. The zero-order valence-corrected chi connectivity index (χ0v) is 32.8. The van der Waals surface area contributed by atoms with E-state index in [9.17, 15) is 0 Å². The van der Waals surface area contributed by atoms with Gasteiger partial charge >= 0.3 is 19.5 Å². The number of aromatic nitrogens is 4. The number of hydrogen-bond acceptors (Lipinski definition) is 2. The van der Waals surface area contributed by atoms with Crippen LogP contribution in [0, 0.1) is 23.7 Å². The van der Waals surface area contributed by atoms with E-state index < -0.39 is 0 Å². The van der Waals surface area contributed by atoms with Crippen molar-refractivity contribution in [2.45, 2.75) is 75.0 Å². The van der Waals surface area contributed by atoms with Gasteiger partial charge in [-0.1, -0.05) is 106 Å². The molecule has 2 aliphatic heterocycles. The Labute approximate surface area is 319 Å². The van der Waals surface area contributed by atoms with E-state index in [1.807, 2.05) is 0 Å².